The summed E-state index contributed by atoms with van der Waals surface area (Å²) in [5, 5.41) is 13.0. The van der Waals surface area contributed by atoms with E-state index >= 15 is 0 Å². The number of para-hydroxylation sites is 1. The van der Waals surface area contributed by atoms with Gasteiger partial charge in [0.25, 0.3) is 22.2 Å². The maximum Gasteiger partial charge on any atom is 0.419 e. The number of hydrogen-bond donors (Lipinski definition) is 4. The third kappa shape index (κ3) is 17.5. The van der Waals surface area contributed by atoms with Gasteiger partial charge in [0.1, 0.15) is 51.6 Å². The van der Waals surface area contributed by atoms with Crippen molar-refractivity contribution in [3.8, 4) is 50.8 Å². The number of anilines is 4. The summed E-state index contributed by atoms with van der Waals surface area (Å²) in [5.41, 5.74) is 0.698. The molecule has 0 aliphatic carbocycles. The zero-order chi connectivity index (χ0) is 77.8. The second-order valence-corrected chi connectivity index (χ2v) is 25.8. The zero-order valence-corrected chi connectivity index (χ0v) is 58.3. The Bertz CT molecular complexity index is 5630. The summed E-state index contributed by atoms with van der Waals surface area (Å²) in [7, 11) is 1.17. The van der Waals surface area contributed by atoms with Crippen LogP contribution in [0.3, 0.4) is 0 Å². The number of hydrogen-bond acceptors (Lipinski definition) is 17. The van der Waals surface area contributed by atoms with Crippen LogP contribution in [0.4, 0.5) is 79.8 Å². The van der Waals surface area contributed by atoms with E-state index in [0.717, 1.165) is 182 Å². The van der Waals surface area contributed by atoms with Gasteiger partial charge in [-0.1, -0.05) is 6.07 Å². The minimum absolute atomic E-state index is 0.00933. The second-order valence-electron chi connectivity index (χ2n) is 25.8. The highest BCUT2D eigenvalue weighted by Crippen LogP contribution is 2.42. The SMILES string of the molecule is COc1c(-c2cc(=O)n3cc(N4CCNCC4)ccc3n2)cccc1C(F)(F)F.O=c1cc(-c2cc(F)cc(C(F)(F)F)c2)nc2ccc(N3CCNCC3)cn12.O=c1cc(-c2cc(F)cc(F)c2)nc2ccc(N3CCNCC3)cn12.O=c1cc(-c2ccc(F)c(C(F)(F)F)c2)nc2ccc(N3CCNCC3)cn12. The summed E-state index contributed by atoms with van der Waals surface area (Å²) in [6.07, 6.45) is -7.30. The van der Waals surface area contributed by atoms with Crippen LogP contribution in [0.2, 0.25) is 0 Å². The van der Waals surface area contributed by atoms with Gasteiger partial charge in [-0.15, -0.1) is 0 Å². The van der Waals surface area contributed by atoms with Gasteiger partial charge in [0.05, 0.1) is 69.3 Å². The van der Waals surface area contributed by atoms with Gasteiger partial charge in [0.15, 0.2) is 0 Å². The van der Waals surface area contributed by atoms with Crippen molar-refractivity contribution in [1.29, 1.82) is 0 Å². The van der Waals surface area contributed by atoms with E-state index in [1.54, 1.807) is 49.1 Å². The maximum absolute atomic E-state index is 13.7. The van der Waals surface area contributed by atoms with Gasteiger partial charge >= 0.3 is 18.5 Å². The van der Waals surface area contributed by atoms with E-state index in [-0.39, 0.29) is 67.5 Å². The monoisotopic (exact) mass is 1530 g/mol. The molecule has 21 nitrogen and oxygen atoms in total. The van der Waals surface area contributed by atoms with E-state index in [1.165, 1.54) is 55.0 Å². The molecule has 0 radical (unpaired) electrons. The van der Waals surface area contributed by atoms with E-state index < -0.39 is 69.6 Å². The first-order chi connectivity index (χ1) is 52.6. The molecule has 4 aliphatic rings. The first kappa shape index (κ1) is 76.4. The molecular formula is C76H67F13N16O5. The van der Waals surface area contributed by atoms with E-state index in [1.807, 2.05) is 24.3 Å². The highest BCUT2D eigenvalue weighted by Gasteiger charge is 2.37. The first-order valence-corrected chi connectivity index (χ1v) is 34.6. The molecule has 0 unspecified atom stereocenters. The Hall–Kier alpha value is -11.8. The lowest BCUT2D eigenvalue weighted by molar-refractivity contribution is -0.140. The fraction of sp³-hybridized carbons (Fsp3) is 0.263. The lowest BCUT2D eigenvalue weighted by atomic mass is 10.1. The molecule has 4 aliphatic heterocycles. The third-order valence-corrected chi connectivity index (χ3v) is 18.6. The van der Waals surface area contributed by atoms with E-state index in [0.29, 0.717) is 29.1 Å². The number of benzene rings is 4. The molecule has 110 heavy (non-hydrogen) atoms. The molecule has 0 bridgehead atoms. The van der Waals surface area contributed by atoms with Crippen LogP contribution in [-0.4, -0.2) is 149 Å². The standard InChI is InChI=1S/C20H19F3N4O2.2C19H16F4N4O.C18H16F2N4O/c1-29-19-14(3-2-4-15(19)20(21,22)23)16-11-18(28)27-12-13(5-6-17(27)25-16)26-9-7-24-8-10-26;20-15-3-1-12(9-14(15)19(21,22)23)16-10-18(28)27-11-13(2-4-17(27)25-16)26-7-5-24-6-8-26;20-14-8-12(7-13(9-14)19(21,22)23)16-10-18(28)27-11-15(1-2-17(27)25-16)26-5-3-24-4-6-26;19-13-7-12(8-14(20)9-13)16-10-18(25)24-11-15(1-2-17(24)22-16)23-5-3-21-4-6-23/h2-6,11-12,24H,7-10H2,1H3;1-4,9-11,24H,5-8H2;1-2,7-11,24H,3-6H2;1-2,7-11,21H,3-6H2. The number of aromatic nitrogens is 8. The molecule has 4 aromatic carbocycles. The van der Waals surface area contributed by atoms with Crippen molar-refractivity contribution in [3.05, 3.63) is 252 Å². The summed E-state index contributed by atoms with van der Waals surface area (Å²) in [6, 6.07) is 30.4. The van der Waals surface area contributed by atoms with Gasteiger partial charge in [-0.25, -0.2) is 37.5 Å². The first-order valence-electron chi connectivity index (χ1n) is 34.6. The number of methoxy groups -OCH3 is 1. The average Bonchev–Trinajstić information content (AvgIpc) is 0.791. The van der Waals surface area contributed by atoms with Gasteiger partial charge in [0.2, 0.25) is 0 Å². The third-order valence-electron chi connectivity index (χ3n) is 18.6. The quantitative estimate of drug-likeness (QED) is 0.0991. The molecule has 0 amide bonds. The van der Waals surface area contributed by atoms with Crippen LogP contribution in [0.1, 0.15) is 16.7 Å². The highest BCUT2D eigenvalue weighted by molar-refractivity contribution is 5.72. The molecule has 34 heteroatoms. The summed E-state index contributed by atoms with van der Waals surface area (Å²) >= 11 is 0. The van der Waals surface area contributed by atoms with Crippen LogP contribution in [0.25, 0.3) is 67.6 Å². The Morgan fingerprint density at radius 3 is 1.04 bits per heavy atom. The van der Waals surface area contributed by atoms with Gasteiger partial charge in [0, 0.05) is 182 Å². The van der Waals surface area contributed by atoms with Crippen molar-refractivity contribution >= 4 is 45.3 Å². The smallest absolute Gasteiger partial charge is 0.419 e. The van der Waals surface area contributed by atoms with E-state index in [4.69, 9.17) is 4.74 Å². The number of piperazine rings is 4. The Morgan fingerprint density at radius 1 is 0.345 bits per heavy atom. The predicted octanol–water partition coefficient (Wildman–Crippen LogP) is 10.7. The number of halogens is 13. The molecule has 0 saturated carbocycles. The molecule has 12 heterocycles. The molecule has 16 rings (SSSR count). The van der Waals surface area contributed by atoms with Gasteiger partial charge in [-0.2, -0.15) is 39.5 Å². The van der Waals surface area contributed by atoms with Crippen molar-refractivity contribution < 1.29 is 61.8 Å². The fourth-order valence-electron chi connectivity index (χ4n) is 13.1. The zero-order valence-electron chi connectivity index (χ0n) is 58.3. The molecule has 8 aromatic heterocycles. The Morgan fingerprint density at radius 2 is 0.682 bits per heavy atom. The number of rotatable bonds is 9. The van der Waals surface area contributed by atoms with E-state index in [9.17, 15) is 76.3 Å². The maximum atomic E-state index is 13.7. The topological polar surface area (TPSA) is 208 Å². The second kappa shape index (κ2) is 32.2. The van der Waals surface area contributed by atoms with Crippen LogP contribution < -0.4 is 67.8 Å². The minimum atomic E-state index is -4.83. The number of nitrogens with one attached hydrogen (secondary N) is 4. The summed E-state index contributed by atoms with van der Waals surface area (Å²) in [6.45, 7) is 13.5. The van der Waals surface area contributed by atoms with Crippen LogP contribution in [-0.2, 0) is 18.5 Å². The van der Waals surface area contributed by atoms with Crippen molar-refractivity contribution in [2.24, 2.45) is 0 Å². The van der Waals surface area contributed by atoms with Gasteiger partial charge in [-0.05, 0) is 109 Å². The Balaban J connectivity index is 0.000000129. The number of ether oxygens (including phenoxy) is 1. The van der Waals surface area contributed by atoms with Crippen molar-refractivity contribution in [1.82, 2.24) is 58.8 Å². The minimum Gasteiger partial charge on any atom is -0.495 e. The van der Waals surface area contributed by atoms with Crippen LogP contribution >= 0.6 is 0 Å². The van der Waals surface area contributed by atoms with E-state index in [2.05, 4.69) is 60.8 Å². The largest absolute Gasteiger partial charge is 0.495 e. The van der Waals surface area contributed by atoms with Crippen molar-refractivity contribution in [2.45, 2.75) is 18.5 Å². The number of alkyl halides is 9. The number of pyridine rings is 4. The predicted molar refractivity (Wildman–Crippen MR) is 389 cm³/mol. The van der Waals surface area contributed by atoms with Gasteiger partial charge in [-0.3, -0.25) is 36.8 Å². The molecule has 4 fully saturated rings. The Kier molecular flexibility index (Phi) is 22.4. The van der Waals surface area contributed by atoms with Crippen molar-refractivity contribution in [2.75, 3.05) is 131 Å². The van der Waals surface area contributed by atoms with Crippen molar-refractivity contribution in [3.63, 3.8) is 0 Å². The molecule has 4 N–H and O–H groups in total. The summed E-state index contributed by atoms with van der Waals surface area (Å²) in [5.74, 6) is -4.17. The summed E-state index contributed by atoms with van der Waals surface area (Å²) in [4.78, 5) is 76.2. The fourth-order valence-corrected chi connectivity index (χ4v) is 13.1. The number of fused-ring (bicyclic) bond motifs is 4. The van der Waals surface area contributed by atoms with Gasteiger partial charge < -0.3 is 45.6 Å². The lowest BCUT2D eigenvalue weighted by Gasteiger charge is -2.29. The average molecular weight is 1530 g/mol. The van der Waals surface area contributed by atoms with Crippen LogP contribution in [0.5, 0.6) is 5.75 Å². The molecule has 12 aromatic rings. The molecule has 0 atom stereocenters. The van der Waals surface area contributed by atoms with Crippen LogP contribution in [0, 0.1) is 23.3 Å². The molecular weight excluding hydrogens is 1460 g/mol. The Labute approximate surface area is 616 Å². The summed E-state index contributed by atoms with van der Waals surface area (Å²) < 4.78 is 182. The normalized spacial score (nSPS) is 15.1. The molecule has 4 saturated heterocycles. The molecule has 572 valence electrons. The van der Waals surface area contributed by atoms with Crippen LogP contribution in [0.15, 0.2) is 190 Å². The molecule has 0 spiro atoms. The number of nitrogens with zero attached hydrogens (tertiary/aromatic N) is 12. The lowest BCUT2D eigenvalue weighted by Crippen LogP contribution is -2.43. The highest BCUT2D eigenvalue weighted by atomic mass is 19.4.